The van der Waals surface area contributed by atoms with E-state index in [-0.39, 0.29) is 29.9 Å². The van der Waals surface area contributed by atoms with Crippen LogP contribution in [0.1, 0.15) is 57.6 Å². The number of nitrogens with one attached hydrogen (secondary N) is 1. The summed E-state index contributed by atoms with van der Waals surface area (Å²) in [5.74, 6) is 0.278. The smallest absolute Gasteiger partial charge is 0.330 e. The molecule has 28 heavy (non-hydrogen) atoms. The van der Waals surface area contributed by atoms with E-state index in [0.29, 0.717) is 12.3 Å². The number of H-pyrrole nitrogens is 1. The van der Waals surface area contributed by atoms with E-state index in [9.17, 15) is 14.4 Å². The van der Waals surface area contributed by atoms with Crippen LogP contribution in [0.15, 0.2) is 32.4 Å². The molecule has 0 atom stereocenters. The number of rotatable bonds is 7. The lowest BCUT2D eigenvalue weighted by Crippen LogP contribution is -2.43. The van der Waals surface area contributed by atoms with Crippen molar-refractivity contribution < 1.29 is 9.21 Å². The Kier molecular flexibility index (Phi) is 6.38. The van der Waals surface area contributed by atoms with Crippen molar-refractivity contribution in [2.75, 3.05) is 10.6 Å². The van der Waals surface area contributed by atoms with Crippen molar-refractivity contribution >= 4 is 17.4 Å². The zero-order valence-electron chi connectivity index (χ0n) is 16.3. The van der Waals surface area contributed by atoms with Gasteiger partial charge in [-0.2, -0.15) is 0 Å². The molecule has 0 spiro atoms. The molecule has 0 unspecified atom stereocenters. The zero-order chi connectivity index (χ0) is 20.1. The van der Waals surface area contributed by atoms with Crippen molar-refractivity contribution in [1.29, 1.82) is 0 Å². The van der Waals surface area contributed by atoms with Gasteiger partial charge in [-0.15, -0.1) is 0 Å². The standard InChI is InChI=1S/C20H28N4O4/c1-2-3-11-23-17(21)16(18(25)22-20(23)27)24(13-15-10-7-12-28-15)19(26)14-8-5-4-6-9-14/h7,10,12,14H,2-6,8-9,11,13,21H2,1H3,(H,22,25,27). The van der Waals surface area contributed by atoms with E-state index < -0.39 is 11.2 Å². The quantitative estimate of drug-likeness (QED) is 0.757. The number of carbonyl (C=O) groups is 1. The molecule has 8 heteroatoms. The number of aromatic nitrogens is 2. The maximum absolute atomic E-state index is 13.3. The third-order valence-corrected chi connectivity index (χ3v) is 5.33. The topological polar surface area (TPSA) is 114 Å². The number of nitrogens with two attached hydrogens (primary N) is 1. The van der Waals surface area contributed by atoms with Crippen molar-refractivity contribution in [2.24, 2.45) is 5.92 Å². The van der Waals surface area contributed by atoms with Gasteiger partial charge >= 0.3 is 5.69 Å². The average molecular weight is 388 g/mol. The minimum absolute atomic E-state index is 0.0258. The largest absolute Gasteiger partial charge is 0.467 e. The van der Waals surface area contributed by atoms with Gasteiger partial charge < -0.3 is 10.2 Å². The molecule has 8 nitrogen and oxygen atoms in total. The predicted octanol–water partition coefficient (Wildman–Crippen LogP) is 2.63. The van der Waals surface area contributed by atoms with Gasteiger partial charge in [-0.3, -0.25) is 24.0 Å². The van der Waals surface area contributed by atoms with Crippen LogP contribution in [0.25, 0.3) is 0 Å². The number of anilines is 2. The minimum Gasteiger partial charge on any atom is -0.467 e. The van der Waals surface area contributed by atoms with Crippen LogP contribution in [-0.4, -0.2) is 15.5 Å². The molecule has 3 rings (SSSR count). The Morgan fingerprint density at radius 2 is 2.07 bits per heavy atom. The number of furan rings is 1. The van der Waals surface area contributed by atoms with Crippen LogP contribution in [0.5, 0.6) is 0 Å². The lowest BCUT2D eigenvalue weighted by Gasteiger charge is -2.29. The second kappa shape index (κ2) is 8.95. The summed E-state index contributed by atoms with van der Waals surface area (Å²) in [4.78, 5) is 42.0. The molecule has 2 heterocycles. The third kappa shape index (κ3) is 4.21. The lowest BCUT2D eigenvalue weighted by atomic mass is 9.88. The van der Waals surface area contributed by atoms with Crippen molar-refractivity contribution in [2.45, 2.75) is 65.0 Å². The number of unbranched alkanes of at least 4 members (excludes halogenated alkanes) is 1. The van der Waals surface area contributed by atoms with E-state index in [0.717, 1.165) is 44.9 Å². The maximum atomic E-state index is 13.3. The van der Waals surface area contributed by atoms with Gasteiger partial charge in [0, 0.05) is 12.5 Å². The van der Waals surface area contributed by atoms with Crippen molar-refractivity contribution in [1.82, 2.24) is 9.55 Å². The van der Waals surface area contributed by atoms with Crippen LogP contribution in [0.4, 0.5) is 11.5 Å². The fraction of sp³-hybridized carbons (Fsp3) is 0.550. The number of nitrogens with zero attached hydrogens (tertiary/aromatic N) is 2. The Hall–Kier alpha value is -2.77. The van der Waals surface area contributed by atoms with Crippen LogP contribution in [-0.2, 0) is 17.9 Å². The molecule has 0 aromatic carbocycles. The van der Waals surface area contributed by atoms with Crippen LogP contribution in [0, 0.1) is 5.92 Å². The highest BCUT2D eigenvalue weighted by atomic mass is 16.3. The second-order valence-corrected chi connectivity index (χ2v) is 7.34. The molecule has 1 fully saturated rings. The van der Waals surface area contributed by atoms with Gasteiger partial charge in [-0.25, -0.2) is 4.79 Å². The van der Waals surface area contributed by atoms with E-state index in [1.165, 1.54) is 15.7 Å². The third-order valence-electron chi connectivity index (χ3n) is 5.33. The molecule has 0 radical (unpaired) electrons. The highest BCUT2D eigenvalue weighted by molar-refractivity contribution is 5.97. The van der Waals surface area contributed by atoms with E-state index in [4.69, 9.17) is 10.2 Å². The first kappa shape index (κ1) is 20.0. The van der Waals surface area contributed by atoms with E-state index >= 15 is 0 Å². The Morgan fingerprint density at radius 3 is 2.71 bits per heavy atom. The van der Waals surface area contributed by atoms with E-state index in [1.54, 1.807) is 12.1 Å². The highest BCUT2D eigenvalue weighted by Gasteiger charge is 2.31. The monoisotopic (exact) mass is 388 g/mol. The summed E-state index contributed by atoms with van der Waals surface area (Å²) in [6.07, 6.45) is 7.82. The molecule has 1 aliphatic carbocycles. The van der Waals surface area contributed by atoms with E-state index in [1.807, 2.05) is 6.92 Å². The molecule has 1 aliphatic rings. The highest BCUT2D eigenvalue weighted by Crippen LogP contribution is 2.29. The zero-order valence-corrected chi connectivity index (χ0v) is 16.3. The summed E-state index contributed by atoms with van der Waals surface area (Å²) >= 11 is 0. The van der Waals surface area contributed by atoms with Crippen LogP contribution < -0.4 is 21.9 Å². The van der Waals surface area contributed by atoms with E-state index in [2.05, 4.69) is 4.98 Å². The van der Waals surface area contributed by atoms with Crippen LogP contribution in [0.3, 0.4) is 0 Å². The summed E-state index contributed by atoms with van der Waals surface area (Å²) < 4.78 is 6.74. The summed E-state index contributed by atoms with van der Waals surface area (Å²) in [5.41, 5.74) is 5.07. The summed E-state index contributed by atoms with van der Waals surface area (Å²) in [7, 11) is 0. The number of nitrogen functional groups attached to an aromatic ring is 1. The molecule has 1 saturated carbocycles. The SMILES string of the molecule is CCCCn1c(N)c(N(Cc2ccco2)C(=O)C2CCCCC2)c(=O)[nH]c1=O. The Morgan fingerprint density at radius 1 is 1.32 bits per heavy atom. The van der Waals surface area contributed by atoms with Gasteiger partial charge in [0.05, 0.1) is 12.8 Å². The van der Waals surface area contributed by atoms with Crippen LogP contribution in [0.2, 0.25) is 0 Å². The van der Waals surface area contributed by atoms with Gasteiger partial charge in [0.2, 0.25) is 5.91 Å². The molecule has 152 valence electrons. The molecular weight excluding hydrogens is 360 g/mol. The molecule has 0 saturated heterocycles. The molecule has 2 aromatic rings. The van der Waals surface area contributed by atoms with Crippen molar-refractivity contribution in [3.05, 3.63) is 45.0 Å². The summed E-state index contributed by atoms with van der Waals surface area (Å²) in [6.45, 7) is 2.49. The molecule has 0 bridgehead atoms. The van der Waals surface area contributed by atoms with Gasteiger partial charge in [0.15, 0.2) is 5.69 Å². The number of carbonyl (C=O) groups excluding carboxylic acids is 1. The first-order valence-corrected chi connectivity index (χ1v) is 9.99. The Balaban J connectivity index is 2.05. The predicted molar refractivity (Wildman–Crippen MR) is 107 cm³/mol. The Labute approximate surface area is 163 Å². The molecular formula is C20H28N4O4. The number of aromatic amines is 1. The van der Waals surface area contributed by atoms with Gasteiger partial charge in [0.1, 0.15) is 11.6 Å². The molecule has 2 aromatic heterocycles. The number of hydrogen-bond donors (Lipinski definition) is 2. The first-order valence-electron chi connectivity index (χ1n) is 9.99. The fourth-order valence-electron chi connectivity index (χ4n) is 3.77. The molecule has 3 N–H and O–H groups in total. The van der Waals surface area contributed by atoms with Gasteiger partial charge in [-0.05, 0) is 31.4 Å². The number of hydrogen-bond acceptors (Lipinski definition) is 5. The minimum atomic E-state index is -0.647. The maximum Gasteiger partial charge on any atom is 0.330 e. The lowest BCUT2D eigenvalue weighted by molar-refractivity contribution is -0.123. The van der Waals surface area contributed by atoms with Gasteiger partial charge in [0.25, 0.3) is 5.56 Å². The average Bonchev–Trinajstić information content (AvgIpc) is 3.20. The van der Waals surface area contributed by atoms with Crippen molar-refractivity contribution in [3.8, 4) is 0 Å². The second-order valence-electron chi connectivity index (χ2n) is 7.34. The molecule has 0 aliphatic heterocycles. The number of amides is 1. The Bertz CT molecular complexity index is 907. The summed E-state index contributed by atoms with van der Waals surface area (Å²) in [5, 5.41) is 0. The normalized spacial score (nSPS) is 14.9. The van der Waals surface area contributed by atoms with Gasteiger partial charge in [-0.1, -0.05) is 32.6 Å². The van der Waals surface area contributed by atoms with Crippen LogP contribution >= 0.6 is 0 Å². The van der Waals surface area contributed by atoms with Crippen molar-refractivity contribution in [3.63, 3.8) is 0 Å². The fourth-order valence-corrected chi connectivity index (χ4v) is 3.77. The molecule has 1 amide bonds. The summed E-state index contributed by atoms with van der Waals surface area (Å²) in [6, 6.07) is 3.48. The first-order chi connectivity index (χ1) is 13.5.